The monoisotopic (exact) mass is 354 g/mol. The van der Waals surface area contributed by atoms with Crippen molar-refractivity contribution in [3.8, 4) is 5.75 Å². The number of hydrogen-bond donors (Lipinski definition) is 0. The Labute approximate surface area is 148 Å². The van der Waals surface area contributed by atoms with E-state index in [9.17, 15) is 0 Å². The molecule has 0 aromatic heterocycles. The van der Waals surface area contributed by atoms with Crippen molar-refractivity contribution < 1.29 is 47.7 Å². The molecule has 0 N–H and O–H groups in total. The van der Waals surface area contributed by atoms with Crippen LogP contribution in [0.25, 0.3) is 6.08 Å². The average Bonchev–Trinajstić information content (AvgIpc) is 2.82. The van der Waals surface area contributed by atoms with Crippen LogP contribution in [0.1, 0.15) is 26.5 Å². The fourth-order valence-corrected chi connectivity index (χ4v) is 4.20. The second-order valence-electron chi connectivity index (χ2n) is 4.91. The van der Waals surface area contributed by atoms with Crippen LogP contribution in [0.2, 0.25) is 0 Å². The van der Waals surface area contributed by atoms with Gasteiger partial charge >= 0.3 is 124 Å². The molecule has 0 bridgehead atoms. The molecule has 0 radical (unpaired) electrons. The first kappa shape index (κ1) is 18.3. The van der Waals surface area contributed by atoms with Crippen molar-refractivity contribution in [1.82, 2.24) is 0 Å². The van der Waals surface area contributed by atoms with Gasteiger partial charge in [-0.05, 0) is 0 Å². The summed E-state index contributed by atoms with van der Waals surface area (Å²) in [6.07, 6.45) is 4.51. The summed E-state index contributed by atoms with van der Waals surface area (Å²) in [7, 11) is 0. The fraction of sp³-hybridized carbons (Fsp3) is 0.176. The molecule has 1 nitrogen and oxygen atoms in total. The van der Waals surface area contributed by atoms with Gasteiger partial charge in [-0.3, -0.25) is 0 Å². The van der Waals surface area contributed by atoms with Crippen LogP contribution in [0.4, 0.5) is 0 Å². The molecule has 3 rings (SSSR count). The molecule has 0 saturated heterocycles. The van der Waals surface area contributed by atoms with Crippen LogP contribution in [-0.2, 0) is 19.5 Å². The Kier molecular flexibility index (Phi) is 7.03. The summed E-state index contributed by atoms with van der Waals surface area (Å²) in [6.45, 7) is 4.24. The largest absolute Gasteiger partial charge is 1.00 e. The van der Waals surface area contributed by atoms with E-state index in [-0.39, 0.29) is 24.8 Å². The van der Waals surface area contributed by atoms with Gasteiger partial charge in [0, 0.05) is 0 Å². The predicted molar refractivity (Wildman–Crippen MR) is 74.8 cm³/mol. The molecule has 1 aliphatic carbocycles. The zero-order chi connectivity index (χ0) is 13.2. The average molecular weight is 355 g/mol. The van der Waals surface area contributed by atoms with Gasteiger partial charge < -0.3 is 24.8 Å². The van der Waals surface area contributed by atoms with Crippen LogP contribution >= 0.6 is 0 Å². The number of halogens is 2. The van der Waals surface area contributed by atoms with Gasteiger partial charge in [0.05, 0.1) is 0 Å². The third-order valence-corrected chi connectivity index (χ3v) is 5.18. The van der Waals surface area contributed by atoms with Gasteiger partial charge in [0.25, 0.3) is 0 Å². The number of aryl methyl sites for hydroxylation is 2. The SMILES string of the molecule is Cc1cccc(C)c1[O][Ti+2][CH]1C=Cc2ccccc21.[Cl-].[Cl-]. The van der Waals surface area contributed by atoms with E-state index in [1.165, 1.54) is 22.3 Å². The number of para-hydroxylation sites is 1. The Morgan fingerprint density at radius 3 is 2.29 bits per heavy atom. The zero-order valence-corrected chi connectivity index (χ0v) is 15.0. The molecule has 0 spiro atoms. The van der Waals surface area contributed by atoms with Crippen molar-refractivity contribution in [3.63, 3.8) is 0 Å². The van der Waals surface area contributed by atoms with Crippen molar-refractivity contribution >= 4 is 6.08 Å². The van der Waals surface area contributed by atoms with E-state index in [1.54, 1.807) is 0 Å². The molecule has 0 heterocycles. The van der Waals surface area contributed by atoms with Crippen molar-refractivity contribution in [1.29, 1.82) is 0 Å². The second kappa shape index (κ2) is 8.05. The summed E-state index contributed by atoms with van der Waals surface area (Å²) in [5, 5.41) is 0. The topological polar surface area (TPSA) is 9.23 Å². The van der Waals surface area contributed by atoms with Crippen LogP contribution in [-0.4, -0.2) is 0 Å². The van der Waals surface area contributed by atoms with E-state index in [4.69, 9.17) is 3.32 Å². The maximum absolute atomic E-state index is 6.18. The molecule has 0 aliphatic heterocycles. The van der Waals surface area contributed by atoms with Crippen molar-refractivity contribution in [2.24, 2.45) is 0 Å². The Morgan fingerprint density at radius 2 is 1.57 bits per heavy atom. The van der Waals surface area contributed by atoms with Crippen molar-refractivity contribution in [3.05, 3.63) is 70.8 Å². The molecule has 21 heavy (non-hydrogen) atoms. The van der Waals surface area contributed by atoms with Crippen LogP contribution in [0, 0.1) is 13.8 Å². The molecule has 2 aromatic rings. The summed E-state index contributed by atoms with van der Waals surface area (Å²) in [5.41, 5.74) is 5.24. The first-order chi connectivity index (χ1) is 9.25. The van der Waals surface area contributed by atoms with Gasteiger partial charge in [0.1, 0.15) is 0 Å². The van der Waals surface area contributed by atoms with E-state index in [0.29, 0.717) is 4.22 Å². The maximum atomic E-state index is 6.18. The number of rotatable bonds is 3. The standard InChI is InChI=1S/C9H7.C8H10O.2ClH.Ti/c1-2-5-9-7-3-6-8(9)4-1;1-6-4-3-5-7(2)8(6)9;;;/h1-7H;3-5,9H,1-2H3;2*1H;/q;;;;+3/p-3. The van der Waals surface area contributed by atoms with Gasteiger partial charge in [0.2, 0.25) is 0 Å². The molecule has 2 aromatic carbocycles. The number of benzene rings is 2. The third-order valence-electron chi connectivity index (χ3n) is 3.50. The fourth-order valence-electron chi connectivity index (χ4n) is 2.43. The number of hydrogen-bond acceptors (Lipinski definition) is 1. The molecule has 0 amide bonds. The Bertz CT molecular complexity index is 620. The summed E-state index contributed by atoms with van der Waals surface area (Å²) < 4.78 is 6.68. The summed E-state index contributed by atoms with van der Waals surface area (Å²) in [4.78, 5) is 0. The predicted octanol–water partition coefficient (Wildman–Crippen LogP) is -1.54. The van der Waals surface area contributed by atoms with Gasteiger partial charge in [-0.25, -0.2) is 0 Å². The normalized spacial score (nSPS) is 14.5. The minimum Gasteiger partial charge on any atom is -1.00 e. The minimum atomic E-state index is -0.513. The molecule has 108 valence electrons. The van der Waals surface area contributed by atoms with Crippen LogP contribution in [0.5, 0.6) is 5.75 Å². The Balaban J connectivity index is 0.00000110. The van der Waals surface area contributed by atoms with Crippen LogP contribution in [0.3, 0.4) is 0 Å². The quantitative estimate of drug-likeness (QED) is 0.607. The van der Waals surface area contributed by atoms with Gasteiger partial charge in [-0.1, -0.05) is 0 Å². The van der Waals surface area contributed by atoms with E-state index in [1.807, 2.05) is 0 Å². The van der Waals surface area contributed by atoms with Crippen molar-refractivity contribution in [2.45, 2.75) is 18.1 Å². The smallest absolute Gasteiger partial charge is 1.00 e. The minimum absolute atomic E-state index is 0. The maximum Gasteiger partial charge on any atom is -1.00 e. The Morgan fingerprint density at radius 1 is 0.905 bits per heavy atom. The second-order valence-corrected chi connectivity index (χ2v) is 6.56. The van der Waals surface area contributed by atoms with E-state index < -0.39 is 19.5 Å². The number of fused-ring (bicyclic) bond motifs is 1. The molecule has 1 unspecified atom stereocenters. The van der Waals surface area contributed by atoms with Crippen molar-refractivity contribution in [2.75, 3.05) is 0 Å². The summed E-state index contributed by atoms with van der Waals surface area (Å²) in [6, 6.07) is 14.9. The van der Waals surface area contributed by atoms with Gasteiger partial charge in [-0.15, -0.1) is 0 Å². The Hall–Kier alpha value is -0.726. The molecular formula is C17H16Cl2OTi. The molecule has 1 aliphatic rings. The molecular weight excluding hydrogens is 339 g/mol. The van der Waals surface area contributed by atoms with Crippen LogP contribution in [0.15, 0.2) is 48.5 Å². The van der Waals surface area contributed by atoms with E-state index >= 15 is 0 Å². The van der Waals surface area contributed by atoms with E-state index in [0.717, 1.165) is 5.75 Å². The summed E-state index contributed by atoms with van der Waals surface area (Å²) >= 11 is -0.513. The third kappa shape index (κ3) is 3.93. The first-order valence-corrected chi connectivity index (χ1v) is 8.05. The molecule has 4 heteroatoms. The zero-order valence-electron chi connectivity index (χ0n) is 11.9. The molecule has 0 saturated carbocycles. The molecule has 1 atom stereocenters. The molecule has 0 fully saturated rings. The van der Waals surface area contributed by atoms with Gasteiger partial charge in [-0.2, -0.15) is 0 Å². The summed E-state index contributed by atoms with van der Waals surface area (Å²) in [5.74, 6) is 1.08. The van der Waals surface area contributed by atoms with Gasteiger partial charge in [0.15, 0.2) is 0 Å². The van der Waals surface area contributed by atoms with E-state index in [2.05, 4.69) is 68.5 Å². The van der Waals surface area contributed by atoms with Crippen LogP contribution < -0.4 is 28.1 Å². The number of allylic oxidation sites excluding steroid dienone is 1. The first-order valence-electron chi connectivity index (χ1n) is 6.51.